The summed E-state index contributed by atoms with van der Waals surface area (Å²) >= 11 is 0. The lowest BCUT2D eigenvalue weighted by Gasteiger charge is -2.20. The van der Waals surface area contributed by atoms with E-state index in [0.29, 0.717) is 24.4 Å². The van der Waals surface area contributed by atoms with E-state index >= 15 is 0 Å². The van der Waals surface area contributed by atoms with Gasteiger partial charge in [-0.3, -0.25) is 0 Å². The maximum absolute atomic E-state index is 12.6. The van der Waals surface area contributed by atoms with Crippen LogP contribution in [0.3, 0.4) is 0 Å². The minimum atomic E-state index is -1.32. The van der Waals surface area contributed by atoms with Crippen LogP contribution in [0.4, 0.5) is 4.79 Å². The number of carbonyl (C=O) groups excluding carboxylic acids is 1. The molecular weight excluding hydrogens is 386 g/mol. The predicted octanol–water partition coefficient (Wildman–Crippen LogP) is 4.05. The van der Waals surface area contributed by atoms with E-state index in [1.807, 2.05) is 48.5 Å². The third-order valence-electron chi connectivity index (χ3n) is 5.17. The maximum atomic E-state index is 12.6. The van der Waals surface area contributed by atoms with Gasteiger partial charge in [0.05, 0.1) is 0 Å². The molecule has 1 atom stereocenters. The van der Waals surface area contributed by atoms with E-state index in [-0.39, 0.29) is 18.9 Å². The van der Waals surface area contributed by atoms with E-state index in [9.17, 15) is 14.7 Å². The summed E-state index contributed by atoms with van der Waals surface area (Å²) in [6.07, 6.45) is 0.186. The average molecular weight is 409 g/mol. The van der Waals surface area contributed by atoms with Gasteiger partial charge in [-0.15, -0.1) is 10.5 Å². The van der Waals surface area contributed by atoms with Gasteiger partial charge in [0.25, 0.3) is 0 Å². The molecule has 0 radical (unpaired) electrons. The van der Waals surface area contributed by atoms with E-state index < -0.39 is 18.1 Å². The van der Waals surface area contributed by atoms with Crippen LogP contribution in [-0.2, 0) is 9.53 Å². The number of nitrogens with two attached hydrogens (primary N) is 1. The molecule has 156 valence electrons. The van der Waals surface area contributed by atoms with Crippen LogP contribution in [0.15, 0.2) is 53.8 Å². The molecular formula is C21H23N5O4. The lowest BCUT2D eigenvalue weighted by atomic mass is 9.98. The summed E-state index contributed by atoms with van der Waals surface area (Å²) in [5.74, 6) is -1.46. The zero-order valence-corrected chi connectivity index (χ0v) is 16.3. The Bertz CT molecular complexity index is 928. The number of benzene rings is 2. The van der Waals surface area contributed by atoms with Crippen molar-refractivity contribution >= 4 is 12.1 Å². The molecule has 0 aliphatic heterocycles. The molecule has 1 aliphatic rings. The Morgan fingerprint density at radius 2 is 1.73 bits per heavy atom. The third kappa shape index (κ3) is 4.37. The summed E-state index contributed by atoms with van der Waals surface area (Å²) in [7, 11) is 0. The summed E-state index contributed by atoms with van der Waals surface area (Å²) in [4.78, 5) is 26.9. The van der Waals surface area contributed by atoms with Gasteiger partial charge in [0, 0.05) is 5.92 Å². The molecule has 0 aromatic heterocycles. The van der Waals surface area contributed by atoms with Gasteiger partial charge in [0.15, 0.2) is 0 Å². The molecule has 0 fully saturated rings. The number of amides is 1. The molecule has 0 bridgehead atoms. The van der Waals surface area contributed by atoms with Crippen LogP contribution in [0.25, 0.3) is 21.6 Å². The number of carboxylic acid groups (broad SMARTS) is 1. The Labute approximate surface area is 173 Å². The van der Waals surface area contributed by atoms with Gasteiger partial charge in [-0.2, -0.15) is 9.71 Å². The van der Waals surface area contributed by atoms with Gasteiger partial charge < -0.3 is 15.6 Å². The van der Waals surface area contributed by atoms with Crippen LogP contribution in [-0.4, -0.2) is 41.4 Å². The number of ether oxygens (including phenoxy) is 1. The molecule has 9 heteroatoms. The molecule has 0 heterocycles. The quantitative estimate of drug-likeness (QED) is 0.211. The Morgan fingerprint density at radius 1 is 1.13 bits per heavy atom. The minimum absolute atomic E-state index is 0.000548. The van der Waals surface area contributed by atoms with Gasteiger partial charge in [-0.05, 0) is 53.3 Å². The first kappa shape index (κ1) is 21.2. The Morgan fingerprint density at radius 3 is 2.27 bits per heavy atom. The van der Waals surface area contributed by atoms with Gasteiger partial charge in [0.2, 0.25) is 6.04 Å². The van der Waals surface area contributed by atoms with Gasteiger partial charge in [-0.25, -0.2) is 4.79 Å². The number of hydrogen-bond donors (Lipinski definition) is 2. The number of unbranched alkanes of at least 4 members (excludes halogenated alkanes) is 1. The fourth-order valence-electron chi connectivity index (χ4n) is 3.76. The molecule has 3 rings (SSSR count). The van der Waals surface area contributed by atoms with Crippen molar-refractivity contribution in [1.82, 2.24) is 5.01 Å². The summed E-state index contributed by atoms with van der Waals surface area (Å²) < 4.78 is 5.43. The zero-order chi connectivity index (χ0) is 21.5. The van der Waals surface area contributed by atoms with E-state index in [1.54, 1.807) is 0 Å². The largest absolute Gasteiger partial charge is 0.511 e. The number of azide groups is 1. The first-order valence-corrected chi connectivity index (χ1v) is 9.70. The van der Waals surface area contributed by atoms with Crippen molar-refractivity contribution < 1.29 is 19.4 Å². The molecule has 3 N–H and O–H groups in total. The van der Waals surface area contributed by atoms with Crippen LogP contribution in [0, 0.1) is 0 Å². The van der Waals surface area contributed by atoms with Crippen molar-refractivity contribution in [2.75, 3.05) is 13.2 Å². The van der Waals surface area contributed by atoms with Crippen molar-refractivity contribution in [2.45, 2.75) is 31.2 Å². The highest BCUT2D eigenvalue weighted by molar-refractivity contribution is 5.81. The summed E-state index contributed by atoms with van der Waals surface area (Å²) in [6.45, 7) is 0.401. The van der Waals surface area contributed by atoms with Crippen molar-refractivity contribution in [3.05, 3.63) is 70.1 Å². The zero-order valence-electron chi connectivity index (χ0n) is 16.3. The van der Waals surface area contributed by atoms with Gasteiger partial charge in [-0.1, -0.05) is 48.5 Å². The third-order valence-corrected chi connectivity index (χ3v) is 5.17. The average Bonchev–Trinajstić information content (AvgIpc) is 3.07. The summed E-state index contributed by atoms with van der Waals surface area (Å²) in [6, 6.07) is 14.4. The highest BCUT2D eigenvalue weighted by Gasteiger charge is 2.36. The van der Waals surface area contributed by atoms with Gasteiger partial charge in [0.1, 0.15) is 6.61 Å². The summed E-state index contributed by atoms with van der Waals surface area (Å²) in [5.41, 5.74) is 18.5. The SMILES string of the molecule is [N-]=[N+]=NN(C(=O)OCC1c2ccccc2-c2ccccc21)[C@H](CCCCN)C(=O)O. The van der Waals surface area contributed by atoms with E-state index in [1.165, 1.54) is 0 Å². The number of aliphatic carboxylic acids is 1. The molecule has 9 nitrogen and oxygen atoms in total. The molecule has 30 heavy (non-hydrogen) atoms. The minimum Gasteiger partial charge on any atom is -0.478 e. The summed E-state index contributed by atoms with van der Waals surface area (Å²) in [5, 5.41) is 13.3. The van der Waals surface area contributed by atoms with Crippen LogP contribution in [0.5, 0.6) is 0 Å². The number of hydrogen-bond acceptors (Lipinski definition) is 5. The number of carbonyl (C=O) groups is 2. The fourth-order valence-corrected chi connectivity index (χ4v) is 3.76. The number of nitrogens with zero attached hydrogens (tertiary/aromatic N) is 4. The Kier molecular flexibility index (Phi) is 6.90. The van der Waals surface area contributed by atoms with Crippen molar-refractivity contribution in [1.29, 1.82) is 0 Å². The normalized spacial score (nSPS) is 13.0. The molecule has 2 aromatic carbocycles. The van der Waals surface area contributed by atoms with Crippen molar-refractivity contribution in [3.63, 3.8) is 0 Å². The predicted molar refractivity (Wildman–Crippen MR) is 110 cm³/mol. The maximum Gasteiger partial charge on any atom is 0.511 e. The van der Waals surface area contributed by atoms with E-state index in [0.717, 1.165) is 22.3 Å². The first-order chi connectivity index (χ1) is 14.6. The van der Waals surface area contributed by atoms with Crippen LogP contribution >= 0.6 is 0 Å². The van der Waals surface area contributed by atoms with Crippen LogP contribution in [0.2, 0.25) is 0 Å². The topological polar surface area (TPSA) is 142 Å². The molecule has 0 saturated heterocycles. The second-order valence-corrected chi connectivity index (χ2v) is 6.97. The first-order valence-electron chi connectivity index (χ1n) is 9.70. The fraction of sp³-hybridized carbons (Fsp3) is 0.333. The van der Waals surface area contributed by atoms with E-state index in [4.69, 9.17) is 16.0 Å². The second-order valence-electron chi connectivity index (χ2n) is 6.97. The smallest absolute Gasteiger partial charge is 0.478 e. The van der Waals surface area contributed by atoms with Gasteiger partial charge >= 0.3 is 12.1 Å². The number of rotatable bonds is 9. The van der Waals surface area contributed by atoms with Crippen LogP contribution < -0.4 is 5.73 Å². The van der Waals surface area contributed by atoms with E-state index in [2.05, 4.69) is 10.1 Å². The van der Waals surface area contributed by atoms with Crippen molar-refractivity contribution in [3.8, 4) is 11.1 Å². The lowest BCUT2D eigenvalue weighted by molar-refractivity contribution is -0.143. The Hall–Kier alpha value is -3.55. The number of fused-ring (bicyclic) bond motifs is 3. The Balaban J connectivity index is 1.77. The highest BCUT2D eigenvalue weighted by Crippen LogP contribution is 2.44. The molecule has 0 unspecified atom stereocenters. The highest BCUT2D eigenvalue weighted by atomic mass is 16.6. The molecule has 1 amide bonds. The lowest BCUT2D eigenvalue weighted by Crippen LogP contribution is -2.42. The molecule has 0 saturated carbocycles. The monoisotopic (exact) mass is 409 g/mol. The standard InChI is InChI=1S/C21H23N5O4/c22-12-6-5-11-19(20(27)28)26(25-24-23)21(29)30-13-18-16-9-3-1-7-14(16)15-8-2-4-10-17(15)18/h1-4,7-10,18-19H,5-6,11-13,22H2,(H,27,28)/t19-/m1/s1. The van der Waals surface area contributed by atoms with Crippen LogP contribution in [0.1, 0.15) is 36.3 Å². The van der Waals surface area contributed by atoms with Crippen molar-refractivity contribution in [2.24, 2.45) is 11.0 Å². The molecule has 0 spiro atoms. The molecule has 2 aromatic rings. The molecule has 1 aliphatic carbocycles. The second kappa shape index (κ2) is 9.78. The number of carboxylic acids is 1.